The lowest BCUT2D eigenvalue weighted by atomic mass is 10.2. The van der Waals surface area contributed by atoms with E-state index < -0.39 is 0 Å². The highest BCUT2D eigenvalue weighted by Crippen LogP contribution is 2.11. The van der Waals surface area contributed by atoms with Crippen molar-refractivity contribution in [2.45, 2.75) is 13.0 Å². The second kappa shape index (κ2) is 6.66. The SMILES string of the molecule is O=c1c2ccncc2ncn1CCC=Cc1ccc(Br)cc1. The molecule has 0 spiro atoms. The highest BCUT2D eigenvalue weighted by Gasteiger charge is 2.02. The molecule has 0 aliphatic carbocycles. The lowest BCUT2D eigenvalue weighted by molar-refractivity contribution is 0.674. The molecule has 5 heteroatoms. The minimum atomic E-state index is -0.0237. The van der Waals surface area contributed by atoms with Crippen molar-refractivity contribution in [2.24, 2.45) is 0 Å². The molecule has 1 aromatic carbocycles. The van der Waals surface area contributed by atoms with Crippen LogP contribution in [0.15, 0.2) is 64.4 Å². The minimum absolute atomic E-state index is 0.0237. The molecule has 2 heterocycles. The van der Waals surface area contributed by atoms with Crippen LogP contribution in [-0.4, -0.2) is 14.5 Å². The van der Waals surface area contributed by atoms with Crippen LogP contribution in [0.25, 0.3) is 17.0 Å². The van der Waals surface area contributed by atoms with Crippen molar-refractivity contribution in [3.63, 3.8) is 0 Å². The molecule has 22 heavy (non-hydrogen) atoms. The molecular weight excluding hydrogens is 342 g/mol. The second-order valence-corrected chi connectivity index (χ2v) is 5.79. The number of halogens is 1. The fraction of sp³-hybridized carbons (Fsp3) is 0.118. The van der Waals surface area contributed by atoms with Crippen LogP contribution in [0, 0.1) is 0 Å². The van der Waals surface area contributed by atoms with Crippen LogP contribution in [0.2, 0.25) is 0 Å². The van der Waals surface area contributed by atoms with Gasteiger partial charge in [-0.2, -0.15) is 0 Å². The molecule has 0 saturated carbocycles. The van der Waals surface area contributed by atoms with Crippen molar-refractivity contribution in [1.29, 1.82) is 0 Å². The van der Waals surface area contributed by atoms with E-state index >= 15 is 0 Å². The number of hydrogen-bond donors (Lipinski definition) is 0. The summed E-state index contributed by atoms with van der Waals surface area (Å²) in [6, 6.07) is 9.80. The lowest BCUT2D eigenvalue weighted by Crippen LogP contribution is -2.20. The summed E-state index contributed by atoms with van der Waals surface area (Å²) in [4.78, 5) is 20.5. The van der Waals surface area contributed by atoms with Crippen molar-refractivity contribution in [1.82, 2.24) is 14.5 Å². The van der Waals surface area contributed by atoms with Gasteiger partial charge in [0, 0.05) is 17.2 Å². The maximum atomic E-state index is 12.3. The van der Waals surface area contributed by atoms with Gasteiger partial charge < -0.3 is 0 Å². The maximum Gasteiger partial charge on any atom is 0.261 e. The summed E-state index contributed by atoms with van der Waals surface area (Å²) in [5, 5.41) is 0.606. The Balaban J connectivity index is 1.70. The molecule has 0 aliphatic heterocycles. The minimum Gasteiger partial charge on any atom is -0.298 e. The zero-order valence-corrected chi connectivity index (χ0v) is 13.4. The molecule has 0 fully saturated rings. The highest BCUT2D eigenvalue weighted by molar-refractivity contribution is 9.10. The molecule has 2 aromatic heterocycles. The first kappa shape index (κ1) is 14.7. The van der Waals surface area contributed by atoms with Crippen LogP contribution in [0.5, 0.6) is 0 Å². The van der Waals surface area contributed by atoms with E-state index in [0.29, 0.717) is 17.4 Å². The normalized spacial score (nSPS) is 11.3. The summed E-state index contributed by atoms with van der Waals surface area (Å²) in [5.74, 6) is 0. The Morgan fingerprint density at radius 2 is 2.00 bits per heavy atom. The van der Waals surface area contributed by atoms with Gasteiger partial charge in [-0.05, 0) is 30.2 Å². The molecule has 0 radical (unpaired) electrons. The van der Waals surface area contributed by atoms with Gasteiger partial charge in [-0.25, -0.2) is 4.98 Å². The van der Waals surface area contributed by atoms with Crippen LogP contribution in [0.3, 0.4) is 0 Å². The third-order valence-electron chi connectivity index (χ3n) is 3.34. The fourth-order valence-electron chi connectivity index (χ4n) is 2.18. The van der Waals surface area contributed by atoms with Gasteiger partial charge in [-0.15, -0.1) is 0 Å². The third-order valence-corrected chi connectivity index (χ3v) is 3.87. The number of aromatic nitrogens is 3. The van der Waals surface area contributed by atoms with Crippen molar-refractivity contribution in [3.05, 3.63) is 75.5 Å². The number of rotatable bonds is 4. The monoisotopic (exact) mass is 355 g/mol. The topological polar surface area (TPSA) is 47.8 Å². The van der Waals surface area contributed by atoms with E-state index in [2.05, 4.69) is 38.0 Å². The van der Waals surface area contributed by atoms with Crippen LogP contribution in [-0.2, 0) is 6.54 Å². The van der Waals surface area contributed by atoms with Gasteiger partial charge in [0.05, 0.1) is 23.4 Å². The summed E-state index contributed by atoms with van der Waals surface area (Å²) >= 11 is 3.41. The second-order valence-electron chi connectivity index (χ2n) is 4.88. The Labute approximate surface area is 136 Å². The van der Waals surface area contributed by atoms with Gasteiger partial charge in [-0.1, -0.05) is 40.2 Å². The van der Waals surface area contributed by atoms with E-state index in [4.69, 9.17) is 0 Å². The smallest absolute Gasteiger partial charge is 0.261 e. The molecule has 0 bridgehead atoms. The standard InChI is InChI=1S/C17H14BrN3O/c18-14-6-4-13(5-7-14)3-1-2-10-21-12-20-16-11-19-9-8-15(16)17(21)22/h1,3-9,11-12H,2,10H2. The summed E-state index contributed by atoms with van der Waals surface area (Å²) < 4.78 is 2.70. The molecule has 0 saturated heterocycles. The number of aryl methyl sites for hydroxylation is 1. The van der Waals surface area contributed by atoms with E-state index in [1.165, 1.54) is 0 Å². The highest BCUT2D eigenvalue weighted by atomic mass is 79.9. The van der Waals surface area contributed by atoms with E-state index in [1.54, 1.807) is 29.4 Å². The van der Waals surface area contributed by atoms with Crippen LogP contribution >= 0.6 is 15.9 Å². The largest absolute Gasteiger partial charge is 0.298 e. The molecule has 0 amide bonds. The first-order valence-electron chi connectivity index (χ1n) is 6.95. The predicted molar refractivity (Wildman–Crippen MR) is 91.6 cm³/mol. The molecule has 4 nitrogen and oxygen atoms in total. The molecule has 3 rings (SSSR count). The number of nitrogens with zero attached hydrogens (tertiary/aromatic N) is 3. The van der Waals surface area contributed by atoms with Gasteiger partial charge in [0.25, 0.3) is 5.56 Å². The third kappa shape index (κ3) is 3.31. The Morgan fingerprint density at radius 1 is 1.18 bits per heavy atom. The first-order chi connectivity index (χ1) is 10.7. The summed E-state index contributed by atoms with van der Waals surface area (Å²) in [7, 11) is 0. The van der Waals surface area contributed by atoms with Crippen LogP contribution in [0.4, 0.5) is 0 Å². The molecule has 0 unspecified atom stereocenters. The van der Waals surface area contributed by atoms with E-state index in [1.807, 2.05) is 24.3 Å². The maximum absolute atomic E-state index is 12.3. The quantitative estimate of drug-likeness (QED) is 0.717. The van der Waals surface area contributed by atoms with Crippen molar-refractivity contribution in [3.8, 4) is 0 Å². The van der Waals surface area contributed by atoms with Gasteiger partial charge in [-0.3, -0.25) is 14.3 Å². The molecule has 110 valence electrons. The van der Waals surface area contributed by atoms with E-state index in [-0.39, 0.29) is 5.56 Å². The van der Waals surface area contributed by atoms with Crippen molar-refractivity contribution in [2.75, 3.05) is 0 Å². The number of benzene rings is 1. The Morgan fingerprint density at radius 3 is 2.82 bits per heavy atom. The lowest BCUT2D eigenvalue weighted by Gasteiger charge is -2.04. The van der Waals surface area contributed by atoms with Crippen molar-refractivity contribution < 1.29 is 0 Å². The average molecular weight is 356 g/mol. The number of pyridine rings is 1. The van der Waals surface area contributed by atoms with Gasteiger partial charge in [0.15, 0.2) is 0 Å². The molecule has 0 N–H and O–H groups in total. The number of hydrogen-bond acceptors (Lipinski definition) is 3. The first-order valence-corrected chi connectivity index (χ1v) is 7.74. The van der Waals surface area contributed by atoms with E-state index in [0.717, 1.165) is 16.5 Å². The van der Waals surface area contributed by atoms with Gasteiger partial charge in [0.1, 0.15) is 0 Å². The van der Waals surface area contributed by atoms with Crippen LogP contribution in [0.1, 0.15) is 12.0 Å². The van der Waals surface area contributed by atoms with Gasteiger partial charge >= 0.3 is 0 Å². The number of fused-ring (bicyclic) bond motifs is 1. The Bertz CT molecular complexity index is 869. The average Bonchev–Trinajstić information content (AvgIpc) is 2.55. The zero-order chi connectivity index (χ0) is 15.4. The Kier molecular flexibility index (Phi) is 4.44. The molecule has 0 atom stereocenters. The fourth-order valence-corrected chi connectivity index (χ4v) is 2.44. The summed E-state index contributed by atoms with van der Waals surface area (Å²) in [6.45, 7) is 0.608. The Hall–Kier alpha value is -2.27. The summed E-state index contributed by atoms with van der Waals surface area (Å²) in [5.41, 5.74) is 1.75. The van der Waals surface area contributed by atoms with Crippen molar-refractivity contribution >= 4 is 32.9 Å². The molecule has 0 aliphatic rings. The zero-order valence-electron chi connectivity index (χ0n) is 11.8. The van der Waals surface area contributed by atoms with E-state index in [9.17, 15) is 4.79 Å². The van der Waals surface area contributed by atoms with Crippen LogP contribution < -0.4 is 5.56 Å². The van der Waals surface area contributed by atoms with Gasteiger partial charge in [0.2, 0.25) is 0 Å². The molecule has 3 aromatic rings. The molecular formula is C17H14BrN3O. The summed E-state index contributed by atoms with van der Waals surface area (Å²) in [6.07, 6.45) is 9.69. The predicted octanol–water partition coefficient (Wildman–Crippen LogP) is 3.66. The number of allylic oxidation sites excluding steroid dienone is 1.